The van der Waals surface area contributed by atoms with Crippen molar-refractivity contribution in [3.63, 3.8) is 0 Å². The lowest BCUT2D eigenvalue weighted by atomic mass is 10.2. The second-order valence-electron chi connectivity index (χ2n) is 5.28. The molecule has 0 saturated carbocycles. The minimum Gasteiger partial charge on any atom is -0.326 e. The normalized spacial score (nSPS) is 15.5. The van der Waals surface area contributed by atoms with E-state index in [0.29, 0.717) is 5.04 Å². The van der Waals surface area contributed by atoms with Crippen LogP contribution in [0.25, 0.3) is 0 Å². The lowest BCUT2D eigenvalue weighted by molar-refractivity contribution is 0.441. The molecule has 0 aliphatic heterocycles. The van der Waals surface area contributed by atoms with E-state index < -0.39 is 8.96 Å². The van der Waals surface area contributed by atoms with Gasteiger partial charge >= 0.3 is 0 Å². The van der Waals surface area contributed by atoms with Crippen molar-refractivity contribution in [3.05, 3.63) is 0 Å². The summed E-state index contributed by atoms with van der Waals surface area (Å²) in [7, 11) is -0.777. The maximum Gasteiger partial charge on any atom is 0.119 e. The van der Waals surface area contributed by atoms with E-state index in [4.69, 9.17) is 0 Å². The highest BCUT2D eigenvalue weighted by atomic mass is 28.3. The van der Waals surface area contributed by atoms with E-state index in [1.165, 1.54) is 13.1 Å². The topological polar surface area (TPSA) is 3.24 Å². The van der Waals surface area contributed by atoms with Crippen LogP contribution >= 0.6 is 0 Å². The van der Waals surface area contributed by atoms with Gasteiger partial charge in [-0.3, -0.25) is 0 Å². The van der Waals surface area contributed by atoms with Gasteiger partial charge in [-0.2, -0.15) is 0 Å². The predicted octanol–water partition coefficient (Wildman–Crippen LogP) is 3.26. The van der Waals surface area contributed by atoms with Crippen LogP contribution in [0.4, 0.5) is 0 Å². The Labute approximate surface area is 86.2 Å². The van der Waals surface area contributed by atoms with E-state index >= 15 is 0 Å². The molecule has 0 aliphatic carbocycles. The van der Waals surface area contributed by atoms with E-state index in [0.717, 1.165) is 5.54 Å². The first kappa shape index (κ1) is 13.2. The first-order valence-corrected chi connectivity index (χ1v) is 7.34. The standard InChI is InChI=1S/C11H27NSi/c1-8-12(9-2)13(10(3)4)11(5,6)7/h10,13H,8-9H2,1-7H3. The Morgan fingerprint density at radius 1 is 1.08 bits per heavy atom. The van der Waals surface area contributed by atoms with E-state index in [1.54, 1.807) is 0 Å². The Kier molecular flexibility index (Phi) is 5.23. The SMILES string of the molecule is CCN(CC)[SiH](C(C)C)C(C)(C)C. The third-order valence-electron chi connectivity index (χ3n) is 2.72. The number of nitrogens with zero attached hydrogens (tertiary/aromatic N) is 1. The molecule has 0 aromatic heterocycles. The van der Waals surface area contributed by atoms with Gasteiger partial charge < -0.3 is 4.57 Å². The van der Waals surface area contributed by atoms with Gasteiger partial charge in [-0.15, -0.1) is 0 Å². The summed E-state index contributed by atoms with van der Waals surface area (Å²) in [5, 5.41) is 0.528. The average molecular weight is 201 g/mol. The molecule has 0 spiro atoms. The molecule has 0 heterocycles. The van der Waals surface area contributed by atoms with E-state index in [9.17, 15) is 0 Å². The Balaban J connectivity index is 4.59. The molecule has 0 radical (unpaired) electrons. The minimum atomic E-state index is -0.777. The highest BCUT2D eigenvalue weighted by molar-refractivity contribution is 6.60. The van der Waals surface area contributed by atoms with Crippen molar-refractivity contribution in [1.29, 1.82) is 0 Å². The zero-order valence-electron chi connectivity index (χ0n) is 10.5. The summed E-state index contributed by atoms with van der Waals surface area (Å²) in [6, 6.07) is 0. The summed E-state index contributed by atoms with van der Waals surface area (Å²) < 4.78 is 2.71. The molecule has 1 nitrogen and oxygen atoms in total. The van der Waals surface area contributed by atoms with Crippen LogP contribution < -0.4 is 0 Å². The van der Waals surface area contributed by atoms with Crippen LogP contribution in [0.5, 0.6) is 0 Å². The van der Waals surface area contributed by atoms with Gasteiger partial charge in [0.25, 0.3) is 0 Å². The van der Waals surface area contributed by atoms with Crippen LogP contribution in [-0.4, -0.2) is 26.6 Å². The molecule has 1 unspecified atom stereocenters. The quantitative estimate of drug-likeness (QED) is 0.631. The highest BCUT2D eigenvalue weighted by Crippen LogP contribution is 2.35. The summed E-state index contributed by atoms with van der Waals surface area (Å²) in [5.41, 5.74) is 0.875. The summed E-state index contributed by atoms with van der Waals surface area (Å²) >= 11 is 0. The Hall–Kier alpha value is 0.177. The van der Waals surface area contributed by atoms with Gasteiger partial charge in [0.2, 0.25) is 0 Å². The van der Waals surface area contributed by atoms with Crippen LogP contribution in [0.2, 0.25) is 10.6 Å². The molecular formula is C11H27NSi. The zero-order valence-corrected chi connectivity index (χ0v) is 11.7. The average Bonchev–Trinajstić information content (AvgIpc) is 1.96. The molecule has 0 saturated heterocycles. The van der Waals surface area contributed by atoms with Gasteiger partial charge in [0.05, 0.1) is 0 Å². The summed E-state index contributed by atoms with van der Waals surface area (Å²) in [6.45, 7) is 19.0. The molecule has 0 aromatic rings. The summed E-state index contributed by atoms with van der Waals surface area (Å²) in [6.07, 6.45) is 0. The Morgan fingerprint density at radius 3 is 1.54 bits per heavy atom. The molecule has 80 valence electrons. The van der Waals surface area contributed by atoms with Crippen LogP contribution in [0.15, 0.2) is 0 Å². The fraction of sp³-hybridized carbons (Fsp3) is 1.00. The lowest BCUT2D eigenvalue weighted by Crippen LogP contribution is -2.47. The van der Waals surface area contributed by atoms with Gasteiger partial charge in [-0.1, -0.05) is 48.5 Å². The maximum atomic E-state index is 2.71. The molecule has 2 heteroatoms. The van der Waals surface area contributed by atoms with E-state index in [2.05, 4.69) is 53.0 Å². The summed E-state index contributed by atoms with van der Waals surface area (Å²) in [5.74, 6) is 0. The second-order valence-corrected chi connectivity index (χ2v) is 9.96. The molecule has 0 N–H and O–H groups in total. The van der Waals surface area contributed by atoms with E-state index in [1.807, 2.05) is 0 Å². The molecule has 13 heavy (non-hydrogen) atoms. The third-order valence-corrected chi connectivity index (χ3v) is 7.28. The first-order valence-electron chi connectivity index (χ1n) is 5.58. The molecule has 1 atom stereocenters. The van der Waals surface area contributed by atoms with Crippen molar-refractivity contribution in [2.24, 2.45) is 0 Å². The molecule has 0 aromatic carbocycles. The van der Waals surface area contributed by atoms with E-state index in [-0.39, 0.29) is 0 Å². The largest absolute Gasteiger partial charge is 0.326 e. The third kappa shape index (κ3) is 3.82. The minimum absolute atomic E-state index is 0.528. The van der Waals surface area contributed by atoms with Crippen molar-refractivity contribution >= 4 is 8.96 Å². The predicted molar refractivity (Wildman–Crippen MR) is 64.9 cm³/mol. The Morgan fingerprint density at radius 2 is 1.46 bits per heavy atom. The van der Waals surface area contributed by atoms with Gasteiger partial charge in [-0.25, -0.2) is 0 Å². The van der Waals surface area contributed by atoms with Crippen molar-refractivity contribution in [1.82, 2.24) is 4.57 Å². The van der Waals surface area contributed by atoms with Gasteiger partial charge in [-0.05, 0) is 23.7 Å². The van der Waals surface area contributed by atoms with Crippen LogP contribution in [0, 0.1) is 0 Å². The monoisotopic (exact) mass is 201 g/mol. The lowest BCUT2D eigenvalue weighted by Gasteiger charge is -2.40. The second kappa shape index (κ2) is 5.16. The number of hydrogen-bond acceptors (Lipinski definition) is 1. The fourth-order valence-corrected chi connectivity index (χ4v) is 7.31. The van der Waals surface area contributed by atoms with Crippen molar-refractivity contribution in [3.8, 4) is 0 Å². The van der Waals surface area contributed by atoms with Crippen LogP contribution in [-0.2, 0) is 0 Å². The summed E-state index contributed by atoms with van der Waals surface area (Å²) in [4.78, 5) is 0. The fourth-order valence-electron chi connectivity index (χ4n) is 2.59. The molecule has 0 amide bonds. The first-order chi connectivity index (χ1) is 5.84. The van der Waals surface area contributed by atoms with Crippen molar-refractivity contribution in [2.75, 3.05) is 13.1 Å². The highest BCUT2D eigenvalue weighted by Gasteiger charge is 2.33. The van der Waals surface area contributed by atoms with Crippen LogP contribution in [0.3, 0.4) is 0 Å². The maximum absolute atomic E-state index is 2.71. The van der Waals surface area contributed by atoms with Gasteiger partial charge in [0, 0.05) is 0 Å². The Bertz CT molecular complexity index is 134. The molecule has 0 rings (SSSR count). The molecule has 0 aliphatic rings. The number of hydrogen-bond donors (Lipinski definition) is 0. The van der Waals surface area contributed by atoms with Gasteiger partial charge in [0.15, 0.2) is 0 Å². The number of rotatable bonds is 4. The molecular weight excluding hydrogens is 174 g/mol. The molecule has 0 bridgehead atoms. The van der Waals surface area contributed by atoms with Crippen LogP contribution in [0.1, 0.15) is 48.5 Å². The smallest absolute Gasteiger partial charge is 0.119 e. The van der Waals surface area contributed by atoms with Gasteiger partial charge in [0.1, 0.15) is 8.96 Å². The van der Waals surface area contributed by atoms with Crippen molar-refractivity contribution < 1.29 is 0 Å². The zero-order chi connectivity index (χ0) is 10.6. The molecule has 0 fully saturated rings. The van der Waals surface area contributed by atoms with Crippen molar-refractivity contribution in [2.45, 2.75) is 59.0 Å².